The quantitative estimate of drug-likeness (QED) is 0.583. The number of benzene rings is 2. The van der Waals surface area contributed by atoms with Crippen molar-refractivity contribution in [1.82, 2.24) is 0 Å². The normalized spacial score (nSPS) is 12.3. The molecule has 0 atom stereocenters. The van der Waals surface area contributed by atoms with Crippen LogP contribution in [0.25, 0.3) is 11.1 Å². The van der Waals surface area contributed by atoms with Crippen LogP contribution in [0, 0.1) is 0 Å². The van der Waals surface area contributed by atoms with E-state index in [1.54, 1.807) is 24.3 Å². The molecule has 1 aliphatic carbocycles. The molecule has 2 nitrogen and oxygen atoms in total. The van der Waals surface area contributed by atoms with Crippen molar-refractivity contribution in [3.8, 4) is 22.6 Å². The Bertz CT molecular complexity index is 495. The summed E-state index contributed by atoms with van der Waals surface area (Å²) in [5, 5.41) is 18.9. The minimum Gasteiger partial charge on any atom is -0.508 e. The fraction of sp³-hybridized carbons (Fsp3) is 0.0769. The maximum Gasteiger partial charge on any atom is 0.116 e. The minimum absolute atomic E-state index is 0.268. The van der Waals surface area contributed by atoms with Crippen molar-refractivity contribution in [3.63, 3.8) is 0 Å². The first kappa shape index (κ1) is 8.36. The van der Waals surface area contributed by atoms with Gasteiger partial charge in [0.15, 0.2) is 0 Å². The van der Waals surface area contributed by atoms with Gasteiger partial charge in [-0.3, -0.25) is 0 Å². The predicted molar refractivity (Wildman–Crippen MR) is 58.0 cm³/mol. The van der Waals surface area contributed by atoms with Crippen molar-refractivity contribution < 1.29 is 10.2 Å². The average molecular weight is 198 g/mol. The highest BCUT2D eigenvalue weighted by Crippen LogP contribution is 2.39. The van der Waals surface area contributed by atoms with E-state index in [1.165, 1.54) is 11.1 Å². The summed E-state index contributed by atoms with van der Waals surface area (Å²) in [5.74, 6) is 0.537. The Morgan fingerprint density at radius 1 is 0.733 bits per heavy atom. The Morgan fingerprint density at radius 3 is 1.67 bits per heavy atom. The van der Waals surface area contributed by atoms with Crippen LogP contribution in [0.5, 0.6) is 11.5 Å². The van der Waals surface area contributed by atoms with E-state index in [9.17, 15) is 10.2 Å². The van der Waals surface area contributed by atoms with E-state index in [0.717, 1.165) is 17.5 Å². The third-order valence-electron chi connectivity index (χ3n) is 2.86. The molecule has 2 aromatic rings. The van der Waals surface area contributed by atoms with Gasteiger partial charge >= 0.3 is 0 Å². The molecule has 0 bridgehead atoms. The molecule has 2 N–H and O–H groups in total. The summed E-state index contributed by atoms with van der Waals surface area (Å²) in [4.78, 5) is 0. The number of hydrogen-bond acceptors (Lipinski definition) is 2. The average Bonchev–Trinajstić information content (AvgIpc) is 2.56. The van der Waals surface area contributed by atoms with Gasteiger partial charge in [-0.15, -0.1) is 0 Å². The number of aromatic hydroxyl groups is 2. The van der Waals surface area contributed by atoms with E-state index in [0.29, 0.717) is 0 Å². The summed E-state index contributed by atoms with van der Waals surface area (Å²) in [6.45, 7) is 0. The van der Waals surface area contributed by atoms with Crippen LogP contribution in [-0.2, 0) is 6.42 Å². The number of phenols is 2. The lowest BCUT2D eigenvalue weighted by Gasteiger charge is -2.01. The van der Waals surface area contributed by atoms with E-state index < -0.39 is 0 Å². The lowest BCUT2D eigenvalue weighted by molar-refractivity contribution is 0.474. The molecule has 15 heavy (non-hydrogen) atoms. The fourth-order valence-electron chi connectivity index (χ4n) is 2.14. The van der Waals surface area contributed by atoms with Crippen LogP contribution in [0.4, 0.5) is 0 Å². The number of fused-ring (bicyclic) bond motifs is 3. The molecule has 0 aromatic heterocycles. The van der Waals surface area contributed by atoms with Gasteiger partial charge in [0.05, 0.1) is 0 Å². The molecule has 0 aliphatic heterocycles. The van der Waals surface area contributed by atoms with E-state index >= 15 is 0 Å². The Hall–Kier alpha value is -1.96. The zero-order chi connectivity index (χ0) is 10.4. The van der Waals surface area contributed by atoms with Crippen molar-refractivity contribution in [2.45, 2.75) is 6.42 Å². The summed E-state index contributed by atoms with van der Waals surface area (Å²) in [6.07, 6.45) is 0.880. The van der Waals surface area contributed by atoms with Crippen molar-refractivity contribution in [2.75, 3.05) is 0 Å². The topological polar surface area (TPSA) is 40.5 Å². The Labute approximate surface area is 87.4 Å². The molecule has 0 heterocycles. The summed E-state index contributed by atoms with van der Waals surface area (Å²) in [5.41, 5.74) is 4.46. The SMILES string of the molecule is Oc1ccc2c(c1)-c1cc(O)ccc1C2. The molecular formula is C13H10O2. The predicted octanol–water partition coefficient (Wildman–Crippen LogP) is 2.67. The molecule has 1 aliphatic rings. The first-order chi connectivity index (χ1) is 7.24. The van der Waals surface area contributed by atoms with E-state index in [2.05, 4.69) is 0 Å². The van der Waals surface area contributed by atoms with Crippen molar-refractivity contribution >= 4 is 0 Å². The van der Waals surface area contributed by atoms with Crippen LogP contribution in [0.2, 0.25) is 0 Å². The summed E-state index contributed by atoms with van der Waals surface area (Å²) in [6, 6.07) is 10.8. The molecule has 74 valence electrons. The van der Waals surface area contributed by atoms with Crippen LogP contribution < -0.4 is 0 Å². The first-order valence-electron chi connectivity index (χ1n) is 4.88. The standard InChI is InChI=1S/C13H10O2/c14-10-3-1-8-5-9-2-4-11(15)7-13(9)12(8)6-10/h1-4,6-7,14-15H,5H2. The number of phenolic OH excluding ortho intramolecular Hbond substituents is 2. The van der Waals surface area contributed by atoms with Gasteiger partial charge in [-0.05, 0) is 52.9 Å². The second-order valence-corrected chi connectivity index (χ2v) is 3.86. The van der Waals surface area contributed by atoms with Crippen LogP contribution in [0.15, 0.2) is 36.4 Å². The molecular weight excluding hydrogens is 188 g/mol. The Morgan fingerprint density at radius 2 is 1.20 bits per heavy atom. The van der Waals surface area contributed by atoms with Gasteiger partial charge in [-0.25, -0.2) is 0 Å². The van der Waals surface area contributed by atoms with Gasteiger partial charge in [-0.2, -0.15) is 0 Å². The van der Waals surface area contributed by atoms with Gasteiger partial charge in [0, 0.05) is 0 Å². The van der Waals surface area contributed by atoms with Crippen molar-refractivity contribution in [3.05, 3.63) is 47.5 Å². The van der Waals surface area contributed by atoms with Crippen molar-refractivity contribution in [1.29, 1.82) is 0 Å². The number of rotatable bonds is 0. The van der Waals surface area contributed by atoms with E-state index in [-0.39, 0.29) is 11.5 Å². The molecule has 0 radical (unpaired) electrons. The van der Waals surface area contributed by atoms with Crippen LogP contribution in [-0.4, -0.2) is 10.2 Å². The lowest BCUT2D eigenvalue weighted by Crippen LogP contribution is -1.78. The monoisotopic (exact) mass is 198 g/mol. The van der Waals surface area contributed by atoms with Gasteiger partial charge < -0.3 is 10.2 Å². The van der Waals surface area contributed by atoms with Gasteiger partial charge in [-0.1, -0.05) is 12.1 Å². The zero-order valence-corrected chi connectivity index (χ0v) is 8.07. The van der Waals surface area contributed by atoms with Crippen LogP contribution in [0.3, 0.4) is 0 Å². The minimum atomic E-state index is 0.268. The van der Waals surface area contributed by atoms with Gasteiger partial charge in [0.1, 0.15) is 11.5 Å². The third kappa shape index (κ3) is 1.18. The smallest absolute Gasteiger partial charge is 0.116 e. The summed E-state index contributed by atoms with van der Waals surface area (Å²) in [7, 11) is 0. The Balaban J connectivity index is 2.28. The fourth-order valence-corrected chi connectivity index (χ4v) is 2.14. The molecule has 0 fully saturated rings. The summed E-state index contributed by atoms with van der Waals surface area (Å²) < 4.78 is 0. The highest BCUT2D eigenvalue weighted by molar-refractivity contribution is 5.78. The lowest BCUT2D eigenvalue weighted by atomic mass is 10.1. The second-order valence-electron chi connectivity index (χ2n) is 3.86. The maximum absolute atomic E-state index is 9.43. The first-order valence-corrected chi connectivity index (χ1v) is 4.88. The molecule has 0 spiro atoms. The van der Waals surface area contributed by atoms with Crippen molar-refractivity contribution in [2.24, 2.45) is 0 Å². The molecule has 2 heteroatoms. The van der Waals surface area contributed by atoms with E-state index in [1.807, 2.05) is 12.1 Å². The Kier molecular flexibility index (Phi) is 1.54. The second kappa shape index (κ2) is 2.76. The summed E-state index contributed by atoms with van der Waals surface area (Å²) >= 11 is 0. The van der Waals surface area contributed by atoms with Crippen LogP contribution >= 0.6 is 0 Å². The molecule has 0 saturated heterocycles. The highest BCUT2D eigenvalue weighted by atomic mass is 16.3. The molecule has 0 unspecified atom stereocenters. The molecule has 2 aromatic carbocycles. The van der Waals surface area contributed by atoms with Gasteiger partial charge in [0.2, 0.25) is 0 Å². The third-order valence-corrected chi connectivity index (χ3v) is 2.86. The molecule has 3 rings (SSSR count). The zero-order valence-electron chi connectivity index (χ0n) is 8.07. The number of hydrogen-bond donors (Lipinski definition) is 2. The maximum atomic E-state index is 9.43. The van der Waals surface area contributed by atoms with E-state index in [4.69, 9.17) is 0 Å². The molecule has 0 saturated carbocycles. The van der Waals surface area contributed by atoms with Gasteiger partial charge in [0.25, 0.3) is 0 Å². The molecule has 0 amide bonds. The largest absolute Gasteiger partial charge is 0.508 e. The highest BCUT2D eigenvalue weighted by Gasteiger charge is 2.18. The van der Waals surface area contributed by atoms with Crippen LogP contribution in [0.1, 0.15) is 11.1 Å².